The fourth-order valence-corrected chi connectivity index (χ4v) is 9.89. The Hall–Kier alpha value is -6.12. The third-order valence-electron chi connectivity index (χ3n) is 12.5. The first kappa shape index (κ1) is 33.4. The predicted molar refractivity (Wildman–Crippen MR) is 232 cm³/mol. The summed E-state index contributed by atoms with van der Waals surface area (Å²) in [5, 5.41) is 2.27. The van der Waals surface area contributed by atoms with Crippen molar-refractivity contribution < 1.29 is 4.42 Å². The van der Waals surface area contributed by atoms with E-state index in [0.717, 1.165) is 56.5 Å². The van der Waals surface area contributed by atoms with Gasteiger partial charge in [0.15, 0.2) is 0 Å². The maximum atomic E-state index is 6.69. The molecule has 1 heterocycles. The zero-order valence-electron chi connectivity index (χ0n) is 31.4. The molecular weight excluding hydrogens is 667 g/mol. The van der Waals surface area contributed by atoms with Gasteiger partial charge in [-0.2, -0.15) is 0 Å². The number of allylic oxidation sites excluding steroid dienone is 1. The minimum Gasteiger partial charge on any atom is -0.455 e. The fraction of sp³-hybridized carbons (Fsp3) is 0.170. The molecule has 0 saturated heterocycles. The second kappa shape index (κ2) is 13.9. The van der Waals surface area contributed by atoms with Gasteiger partial charge < -0.3 is 9.32 Å². The summed E-state index contributed by atoms with van der Waals surface area (Å²) >= 11 is 0. The zero-order valence-corrected chi connectivity index (χ0v) is 31.4. The number of furan rings is 1. The van der Waals surface area contributed by atoms with Crippen molar-refractivity contribution in [2.24, 2.45) is 5.92 Å². The van der Waals surface area contributed by atoms with Gasteiger partial charge in [0.05, 0.1) is 17.1 Å². The van der Waals surface area contributed by atoms with Crippen LogP contribution in [0.1, 0.15) is 56.6 Å². The molecule has 2 aliphatic rings. The summed E-state index contributed by atoms with van der Waals surface area (Å²) in [6.07, 6.45) is 12.5. The lowest BCUT2D eigenvalue weighted by Gasteiger charge is -2.44. The van der Waals surface area contributed by atoms with Gasteiger partial charge in [-0.25, -0.2) is 0 Å². The number of nitrogens with zero attached hydrogens (tertiary/aromatic N) is 1. The summed E-state index contributed by atoms with van der Waals surface area (Å²) in [7, 11) is 0. The summed E-state index contributed by atoms with van der Waals surface area (Å²) in [5.74, 6) is 0.665. The number of para-hydroxylation sites is 5. The lowest BCUT2D eigenvalue weighted by atomic mass is 9.60. The van der Waals surface area contributed by atoms with Crippen molar-refractivity contribution in [3.05, 3.63) is 181 Å². The molecule has 0 radical (unpaired) electrons. The highest BCUT2D eigenvalue weighted by molar-refractivity contribution is 6.11. The van der Waals surface area contributed by atoms with Crippen molar-refractivity contribution in [1.29, 1.82) is 0 Å². The molecule has 10 rings (SSSR count). The molecule has 1 unspecified atom stereocenters. The molecule has 2 heteroatoms. The Morgan fingerprint density at radius 1 is 0.509 bits per heavy atom. The zero-order chi connectivity index (χ0) is 36.8. The summed E-state index contributed by atoms with van der Waals surface area (Å²) in [6.45, 7) is 2.56. The highest BCUT2D eigenvalue weighted by Crippen LogP contribution is 2.54. The number of hydrogen-bond acceptors (Lipinski definition) is 2. The van der Waals surface area contributed by atoms with Crippen molar-refractivity contribution in [2.45, 2.75) is 50.9 Å². The van der Waals surface area contributed by atoms with Crippen LogP contribution in [0.3, 0.4) is 0 Å². The molecule has 55 heavy (non-hydrogen) atoms. The molecule has 0 bridgehead atoms. The minimum absolute atomic E-state index is 0.0653. The van der Waals surface area contributed by atoms with Crippen LogP contribution in [0.25, 0.3) is 61.4 Å². The number of fused-ring (bicyclic) bond motifs is 4. The van der Waals surface area contributed by atoms with Crippen molar-refractivity contribution in [3.8, 4) is 33.4 Å². The molecule has 1 fully saturated rings. The second-order valence-electron chi connectivity index (χ2n) is 15.7. The van der Waals surface area contributed by atoms with E-state index < -0.39 is 0 Å². The first-order chi connectivity index (χ1) is 27.2. The Labute approximate surface area is 324 Å². The Morgan fingerprint density at radius 3 is 1.84 bits per heavy atom. The van der Waals surface area contributed by atoms with Gasteiger partial charge in [0.25, 0.3) is 0 Å². The third kappa shape index (κ3) is 5.71. The normalized spacial score (nSPS) is 17.0. The van der Waals surface area contributed by atoms with E-state index in [1.165, 1.54) is 65.5 Å². The minimum atomic E-state index is 0.0653. The number of hydrogen-bond donors (Lipinski definition) is 0. The molecule has 1 saturated carbocycles. The van der Waals surface area contributed by atoms with Crippen molar-refractivity contribution in [1.82, 2.24) is 0 Å². The van der Waals surface area contributed by atoms with Crippen molar-refractivity contribution in [2.75, 3.05) is 4.90 Å². The Morgan fingerprint density at radius 2 is 1.07 bits per heavy atom. The van der Waals surface area contributed by atoms with E-state index in [1.807, 2.05) is 0 Å². The van der Waals surface area contributed by atoms with Crippen LogP contribution < -0.4 is 4.90 Å². The van der Waals surface area contributed by atoms with Crippen molar-refractivity contribution >= 4 is 45.1 Å². The number of benzene rings is 7. The van der Waals surface area contributed by atoms with E-state index in [2.05, 4.69) is 188 Å². The van der Waals surface area contributed by atoms with Crippen LogP contribution in [0.15, 0.2) is 174 Å². The first-order valence-electron chi connectivity index (χ1n) is 20.0. The van der Waals surface area contributed by atoms with Gasteiger partial charge in [-0.15, -0.1) is 0 Å². The average Bonchev–Trinajstić information content (AvgIpc) is 3.64. The largest absolute Gasteiger partial charge is 0.455 e. The molecule has 8 aromatic rings. The highest BCUT2D eigenvalue weighted by atomic mass is 16.3. The molecule has 268 valence electrons. The van der Waals surface area contributed by atoms with Gasteiger partial charge in [0.2, 0.25) is 0 Å². The van der Waals surface area contributed by atoms with Crippen LogP contribution in [0.4, 0.5) is 17.1 Å². The van der Waals surface area contributed by atoms with Crippen LogP contribution in [0.2, 0.25) is 0 Å². The van der Waals surface area contributed by atoms with Crippen LogP contribution in [0, 0.1) is 5.92 Å². The van der Waals surface area contributed by atoms with E-state index >= 15 is 0 Å². The molecule has 1 atom stereocenters. The molecule has 2 aliphatic carbocycles. The molecule has 7 aromatic carbocycles. The molecule has 0 spiro atoms. The molecule has 0 amide bonds. The number of rotatable bonds is 7. The summed E-state index contributed by atoms with van der Waals surface area (Å²) in [6, 6.07) is 59.6. The summed E-state index contributed by atoms with van der Waals surface area (Å²) in [4.78, 5) is 2.52. The molecule has 2 nitrogen and oxygen atoms in total. The van der Waals surface area contributed by atoms with Gasteiger partial charge in [-0.3, -0.25) is 0 Å². The fourth-order valence-electron chi connectivity index (χ4n) is 9.89. The maximum Gasteiger partial charge on any atom is 0.143 e. The predicted octanol–water partition coefficient (Wildman–Crippen LogP) is 15.3. The van der Waals surface area contributed by atoms with E-state index in [0.29, 0.717) is 5.92 Å². The van der Waals surface area contributed by atoms with Crippen LogP contribution in [-0.4, -0.2) is 0 Å². The Balaban J connectivity index is 1.25. The van der Waals surface area contributed by atoms with Crippen LogP contribution in [0.5, 0.6) is 0 Å². The molecule has 0 N–H and O–H groups in total. The van der Waals surface area contributed by atoms with Crippen LogP contribution in [-0.2, 0) is 5.41 Å². The maximum absolute atomic E-state index is 6.69. The topological polar surface area (TPSA) is 16.4 Å². The summed E-state index contributed by atoms with van der Waals surface area (Å²) in [5.41, 5.74) is 15.3. The van der Waals surface area contributed by atoms with Crippen LogP contribution >= 0.6 is 0 Å². The van der Waals surface area contributed by atoms with Gasteiger partial charge >= 0.3 is 0 Å². The van der Waals surface area contributed by atoms with E-state index in [1.54, 1.807) is 0 Å². The highest BCUT2D eigenvalue weighted by Gasteiger charge is 2.40. The van der Waals surface area contributed by atoms with Gasteiger partial charge in [0, 0.05) is 33.0 Å². The summed E-state index contributed by atoms with van der Waals surface area (Å²) < 4.78 is 6.69. The van der Waals surface area contributed by atoms with E-state index in [-0.39, 0.29) is 5.41 Å². The second-order valence-corrected chi connectivity index (χ2v) is 15.7. The smallest absolute Gasteiger partial charge is 0.143 e. The molecule has 1 aromatic heterocycles. The number of anilines is 3. The lowest BCUT2D eigenvalue weighted by molar-refractivity contribution is 0.219. The third-order valence-corrected chi connectivity index (χ3v) is 12.5. The van der Waals surface area contributed by atoms with Gasteiger partial charge in [0.1, 0.15) is 11.2 Å². The standard InChI is InChI=1S/C53H45NO/c1-53(39-23-6-3-7-24-39)36-18-22-38-21-16-29-44(51(38)53)41-26-9-13-33-48(41)54(47-32-12-8-25-40(47)37-19-4-2-5-20-37)49-34-14-10-27-42(49)45-30-17-31-46-43-28-11-15-35-50(43)55-52(45)46/h2,4-5,8-22,25-35,39H,3,6-7,23-24,36H2,1H3. The van der Waals surface area contributed by atoms with E-state index in [4.69, 9.17) is 4.42 Å². The molecular formula is C53H45NO. The van der Waals surface area contributed by atoms with Crippen molar-refractivity contribution in [3.63, 3.8) is 0 Å². The Bertz CT molecular complexity index is 2690. The SMILES string of the molecule is CC1(C2CCCCC2)CC=Cc2cccc(-c3ccccc3N(c3ccccc3-c3ccccc3)c3ccccc3-c3cccc4c3oc3ccccc34)c21. The van der Waals surface area contributed by atoms with E-state index in [9.17, 15) is 0 Å². The first-order valence-corrected chi connectivity index (χ1v) is 20.0. The Kier molecular flexibility index (Phi) is 8.48. The lowest BCUT2D eigenvalue weighted by Crippen LogP contribution is -2.35. The monoisotopic (exact) mass is 711 g/mol. The van der Waals surface area contributed by atoms with Gasteiger partial charge in [-0.1, -0.05) is 178 Å². The average molecular weight is 712 g/mol. The quantitative estimate of drug-likeness (QED) is 0.164. The van der Waals surface area contributed by atoms with Gasteiger partial charge in [-0.05, 0) is 77.1 Å². The molecule has 0 aliphatic heterocycles.